The zero-order valence-corrected chi connectivity index (χ0v) is 10.2. The monoisotopic (exact) mass is 230 g/mol. The van der Waals surface area contributed by atoms with Gasteiger partial charge in [0.2, 0.25) is 0 Å². The van der Waals surface area contributed by atoms with Crippen LogP contribution in [-0.2, 0) is 5.41 Å². The zero-order chi connectivity index (χ0) is 11.7. The Morgan fingerprint density at radius 3 is 3.12 bits per heavy atom. The van der Waals surface area contributed by atoms with Crippen LogP contribution in [0.25, 0.3) is 11.0 Å². The maximum absolute atomic E-state index is 4.75. The summed E-state index contributed by atoms with van der Waals surface area (Å²) < 4.78 is 0. The quantitative estimate of drug-likeness (QED) is 0.847. The van der Waals surface area contributed by atoms with Crippen LogP contribution in [0.5, 0.6) is 0 Å². The van der Waals surface area contributed by atoms with E-state index < -0.39 is 0 Å². The van der Waals surface area contributed by atoms with Gasteiger partial charge in [-0.3, -0.25) is 4.98 Å². The molecule has 0 bridgehead atoms. The fourth-order valence-electron chi connectivity index (χ4n) is 2.86. The summed E-state index contributed by atoms with van der Waals surface area (Å²) in [6.07, 6.45) is 7.21. The fourth-order valence-corrected chi connectivity index (χ4v) is 2.86. The summed E-state index contributed by atoms with van der Waals surface area (Å²) in [5.41, 5.74) is 2.27. The fraction of sp³-hybridized carbons (Fsp3) is 0.538. The molecule has 1 saturated heterocycles. The number of hydrogen-bond acceptors (Lipinski definition) is 3. The summed E-state index contributed by atoms with van der Waals surface area (Å²) in [5, 5.41) is 3.47. The standard InChI is InChI=1S/C13H18N4/c1-2-4-13(5-7-15-9-13)12-16-10-3-6-14-8-11(10)17-12/h3,6,8,15H,2,4-5,7,9H2,1H3,(H,16,17). The van der Waals surface area contributed by atoms with Crippen molar-refractivity contribution >= 4 is 11.0 Å². The lowest BCUT2D eigenvalue weighted by molar-refractivity contribution is 0.406. The first-order chi connectivity index (χ1) is 8.34. The lowest BCUT2D eigenvalue weighted by Crippen LogP contribution is -2.30. The predicted octanol–water partition coefficient (Wildman–Crippen LogP) is 1.99. The van der Waals surface area contributed by atoms with Gasteiger partial charge < -0.3 is 10.3 Å². The van der Waals surface area contributed by atoms with Gasteiger partial charge in [-0.25, -0.2) is 4.98 Å². The van der Waals surface area contributed by atoms with Gasteiger partial charge in [0.05, 0.1) is 17.2 Å². The highest BCUT2D eigenvalue weighted by atomic mass is 15.0. The van der Waals surface area contributed by atoms with Crippen molar-refractivity contribution in [1.29, 1.82) is 0 Å². The molecule has 1 unspecified atom stereocenters. The minimum Gasteiger partial charge on any atom is -0.340 e. The van der Waals surface area contributed by atoms with E-state index in [0.29, 0.717) is 0 Å². The van der Waals surface area contributed by atoms with Gasteiger partial charge in [-0.1, -0.05) is 13.3 Å². The van der Waals surface area contributed by atoms with E-state index in [0.717, 1.165) is 29.9 Å². The Morgan fingerprint density at radius 1 is 1.47 bits per heavy atom. The highest BCUT2D eigenvalue weighted by Gasteiger charge is 2.37. The Hall–Kier alpha value is -1.42. The van der Waals surface area contributed by atoms with Gasteiger partial charge in [0.15, 0.2) is 0 Å². The molecule has 3 rings (SSSR count). The van der Waals surface area contributed by atoms with Crippen molar-refractivity contribution in [2.24, 2.45) is 0 Å². The van der Waals surface area contributed by atoms with Crippen molar-refractivity contribution < 1.29 is 0 Å². The van der Waals surface area contributed by atoms with Crippen molar-refractivity contribution in [1.82, 2.24) is 20.3 Å². The minimum absolute atomic E-state index is 0.202. The van der Waals surface area contributed by atoms with Gasteiger partial charge in [0.25, 0.3) is 0 Å². The van der Waals surface area contributed by atoms with Crippen LogP contribution in [0.2, 0.25) is 0 Å². The van der Waals surface area contributed by atoms with Crippen LogP contribution in [0, 0.1) is 0 Å². The van der Waals surface area contributed by atoms with Crippen molar-refractivity contribution in [3.05, 3.63) is 24.3 Å². The number of aromatic nitrogens is 3. The van der Waals surface area contributed by atoms with Gasteiger partial charge in [-0.15, -0.1) is 0 Å². The predicted molar refractivity (Wildman–Crippen MR) is 68.0 cm³/mol. The third kappa shape index (κ3) is 1.72. The molecule has 1 aliphatic heterocycles. The van der Waals surface area contributed by atoms with Crippen molar-refractivity contribution in [2.75, 3.05) is 13.1 Å². The second-order valence-corrected chi connectivity index (χ2v) is 4.94. The van der Waals surface area contributed by atoms with E-state index in [1.807, 2.05) is 12.3 Å². The second kappa shape index (κ2) is 4.11. The molecule has 3 heterocycles. The summed E-state index contributed by atoms with van der Waals surface area (Å²) >= 11 is 0. The maximum Gasteiger partial charge on any atom is 0.114 e. The summed E-state index contributed by atoms with van der Waals surface area (Å²) in [6.45, 7) is 4.37. The van der Waals surface area contributed by atoms with E-state index in [9.17, 15) is 0 Å². The Kier molecular flexibility index (Phi) is 2.59. The Bertz CT molecular complexity index is 478. The van der Waals surface area contributed by atoms with Gasteiger partial charge in [0, 0.05) is 18.2 Å². The molecule has 0 spiro atoms. The molecule has 4 heteroatoms. The number of hydrogen-bond donors (Lipinski definition) is 2. The Morgan fingerprint density at radius 2 is 2.41 bits per heavy atom. The first kappa shape index (κ1) is 10.7. The molecule has 0 amide bonds. The van der Waals surface area contributed by atoms with E-state index >= 15 is 0 Å². The van der Waals surface area contributed by atoms with Gasteiger partial charge in [-0.05, 0) is 25.5 Å². The van der Waals surface area contributed by atoms with Crippen LogP contribution < -0.4 is 5.32 Å². The van der Waals surface area contributed by atoms with E-state index in [1.54, 1.807) is 6.20 Å². The van der Waals surface area contributed by atoms with Crippen molar-refractivity contribution in [3.63, 3.8) is 0 Å². The van der Waals surface area contributed by atoms with Gasteiger partial charge in [-0.2, -0.15) is 0 Å². The molecule has 2 N–H and O–H groups in total. The highest BCUT2D eigenvalue weighted by Crippen LogP contribution is 2.34. The SMILES string of the molecule is CCCC1(c2nc3ccncc3[nH]2)CCNC1. The average molecular weight is 230 g/mol. The number of rotatable bonds is 3. The summed E-state index contributed by atoms with van der Waals surface area (Å²) in [5.74, 6) is 1.13. The minimum atomic E-state index is 0.202. The van der Waals surface area contributed by atoms with Crippen LogP contribution in [0.1, 0.15) is 32.0 Å². The van der Waals surface area contributed by atoms with Crippen molar-refractivity contribution in [2.45, 2.75) is 31.6 Å². The van der Waals surface area contributed by atoms with Crippen LogP contribution in [0.3, 0.4) is 0 Å². The highest BCUT2D eigenvalue weighted by molar-refractivity contribution is 5.73. The topological polar surface area (TPSA) is 53.6 Å². The molecular weight excluding hydrogens is 212 g/mol. The third-order valence-electron chi connectivity index (χ3n) is 3.76. The molecule has 1 aliphatic rings. The Balaban J connectivity index is 2.05. The van der Waals surface area contributed by atoms with Crippen LogP contribution in [-0.4, -0.2) is 28.0 Å². The van der Waals surface area contributed by atoms with Crippen LogP contribution in [0.4, 0.5) is 0 Å². The van der Waals surface area contributed by atoms with Gasteiger partial charge in [0.1, 0.15) is 5.82 Å². The third-order valence-corrected chi connectivity index (χ3v) is 3.76. The molecule has 1 atom stereocenters. The van der Waals surface area contributed by atoms with Crippen LogP contribution in [0.15, 0.2) is 18.5 Å². The van der Waals surface area contributed by atoms with E-state index in [1.165, 1.54) is 19.3 Å². The van der Waals surface area contributed by atoms with Crippen LogP contribution >= 0.6 is 0 Å². The molecule has 2 aromatic rings. The molecule has 90 valence electrons. The number of H-pyrrole nitrogens is 1. The number of fused-ring (bicyclic) bond motifs is 1. The second-order valence-electron chi connectivity index (χ2n) is 4.94. The molecule has 17 heavy (non-hydrogen) atoms. The molecular formula is C13H18N4. The number of aromatic amines is 1. The summed E-state index contributed by atoms with van der Waals surface area (Å²) in [4.78, 5) is 12.3. The number of nitrogens with zero attached hydrogens (tertiary/aromatic N) is 2. The largest absolute Gasteiger partial charge is 0.340 e. The summed E-state index contributed by atoms with van der Waals surface area (Å²) in [6, 6.07) is 1.97. The molecule has 0 saturated carbocycles. The molecule has 1 fully saturated rings. The lowest BCUT2D eigenvalue weighted by atomic mass is 9.82. The number of imidazole rings is 1. The first-order valence-electron chi connectivity index (χ1n) is 6.35. The molecule has 0 radical (unpaired) electrons. The maximum atomic E-state index is 4.75. The molecule has 0 aliphatic carbocycles. The van der Waals surface area contributed by atoms with E-state index in [4.69, 9.17) is 4.98 Å². The summed E-state index contributed by atoms with van der Waals surface area (Å²) in [7, 11) is 0. The zero-order valence-electron chi connectivity index (χ0n) is 10.2. The smallest absolute Gasteiger partial charge is 0.114 e. The average Bonchev–Trinajstić information content (AvgIpc) is 2.95. The lowest BCUT2D eigenvalue weighted by Gasteiger charge is -2.25. The van der Waals surface area contributed by atoms with E-state index in [-0.39, 0.29) is 5.41 Å². The molecule has 4 nitrogen and oxygen atoms in total. The number of nitrogens with one attached hydrogen (secondary N) is 2. The number of pyridine rings is 1. The van der Waals surface area contributed by atoms with E-state index in [2.05, 4.69) is 22.2 Å². The van der Waals surface area contributed by atoms with Crippen molar-refractivity contribution in [3.8, 4) is 0 Å². The Labute approximate surface area is 101 Å². The normalized spacial score (nSPS) is 24.5. The molecule has 2 aromatic heterocycles. The molecule has 0 aromatic carbocycles. The van der Waals surface area contributed by atoms with Gasteiger partial charge >= 0.3 is 0 Å². The first-order valence-corrected chi connectivity index (χ1v) is 6.35.